The van der Waals surface area contributed by atoms with Crippen LogP contribution in [0, 0.1) is 0 Å². The van der Waals surface area contributed by atoms with Crippen LogP contribution in [-0.4, -0.2) is 28.3 Å². The molecule has 0 aliphatic carbocycles. The third kappa shape index (κ3) is 3.92. The predicted octanol–water partition coefficient (Wildman–Crippen LogP) is 3.32. The first-order chi connectivity index (χ1) is 16.0. The van der Waals surface area contributed by atoms with Crippen LogP contribution in [0.1, 0.15) is 16.7 Å². The van der Waals surface area contributed by atoms with Crippen molar-refractivity contribution in [3.05, 3.63) is 65.4 Å². The standard InChI is InChI=1S/C21H17F3N6O3S/c1-29-20(30-10-13-5-6-15(21(22,23)24)7-14(13)11-30)17(9-26-29)19-27-18(28-33-19)12-3-2-4-16(8-12)34(25,31)32/h2-9H,10-11H2,1H3,(H2,25,31,32). The zero-order valence-corrected chi connectivity index (χ0v) is 18.4. The zero-order valence-electron chi connectivity index (χ0n) is 17.6. The molecule has 0 radical (unpaired) electrons. The van der Waals surface area contributed by atoms with Gasteiger partial charge in [0, 0.05) is 25.7 Å². The van der Waals surface area contributed by atoms with E-state index in [4.69, 9.17) is 9.66 Å². The number of benzene rings is 2. The minimum Gasteiger partial charge on any atom is -0.347 e. The number of nitrogens with zero attached hydrogens (tertiary/aromatic N) is 5. The molecule has 2 N–H and O–H groups in total. The lowest BCUT2D eigenvalue weighted by molar-refractivity contribution is -0.137. The summed E-state index contributed by atoms with van der Waals surface area (Å²) in [5, 5.41) is 13.4. The highest BCUT2D eigenvalue weighted by molar-refractivity contribution is 7.89. The molecule has 0 amide bonds. The number of rotatable bonds is 4. The van der Waals surface area contributed by atoms with Crippen LogP contribution in [-0.2, 0) is 36.3 Å². The molecule has 3 heterocycles. The van der Waals surface area contributed by atoms with E-state index >= 15 is 0 Å². The second-order valence-corrected chi connectivity index (χ2v) is 9.40. The molecule has 0 spiro atoms. The van der Waals surface area contributed by atoms with Crippen molar-refractivity contribution in [3.63, 3.8) is 0 Å². The molecule has 34 heavy (non-hydrogen) atoms. The number of alkyl halides is 3. The van der Waals surface area contributed by atoms with E-state index in [0.717, 1.165) is 17.7 Å². The van der Waals surface area contributed by atoms with Crippen LogP contribution in [0.15, 0.2) is 58.1 Å². The Balaban J connectivity index is 1.47. The topological polar surface area (TPSA) is 120 Å². The second-order valence-electron chi connectivity index (χ2n) is 7.84. The smallest absolute Gasteiger partial charge is 0.347 e. The highest BCUT2D eigenvalue weighted by atomic mass is 32.2. The molecule has 0 unspecified atom stereocenters. The summed E-state index contributed by atoms with van der Waals surface area (Å²) >= 11 is 0. The molecule has 1 aliphatic heterocycles. The van der Waals surface area contributed by atoms with Gasteiger partial charge in [-0.3, -0.25) is 4.68 Å². The number of aryl methyl sites for hydroxylation is 1. The van der Waals surface area contributed by atoms with Crippen LogP contribution in [0.5, 0.6) is 0 Å². The fraction of sp³-hybridized carbons (Fsp3) is 0.190. The SMILES string of the molecule is Cn1ncc(-c2nc(-c3cccc(S(N)(=O)=O)c3)no2)c1N1Cc2ccc(C(F)(F)F)cc2C1. The van der Waals surface area contributed by atoms with Gasteiger partial charge in [-0.05, 0) is 35.4 Å². The number of aromatic nitrogens is 4. The maximum absolute atomic E-state index is 13.1. The van der Waals surface area contributed by atoms with Crippen LogP contribution in [0.2, 0.25) is 0 Å². The first-order valence-corrected chi connectivity index (χ1v) is 11.5. The number of hydrogen-bond acceptors (Lipinski definition) is 7. The summed E-state index contributed by atoms with van der Waals surface area (Å²) in [5.74, 6) is 0.874. The Morgan fingerprint density at radius 2 is 1.85 bits per heavy atom. The zero-order chi connectivity index (χ0) is 24.3. The van der Waals surface area contributed by atoms with Crippen LogP contribution < -0.4 is 10.0 Å². The van der Waals surface area contributed by atoms with Crippen LogP contribution in [0.3, 0.4) is 0 Å². The molecule has 0 saturated carbocycles. The lowest BCUT2D eigenvalue weighted by Crippen LogP contribution is -2.18. The van der Waals surface area contributed by atoms with Crippen LogP contribution in [0.25, 0.3) is 22.8 Å². The van der Waals surface area contributed by atoms with Gasteiger partial charge < -0.3 is 9.42 Å². The number of anilines is 1. The van der Waals surface area contributed by atoms with Gasteiger partial charge >= 0.3 is 6.18 Å². The number of fused-ring (bicyclic) bond motifs is 1. The summed E-state index contributed by atoms with van der Waals surface area (Å²) in [6.07, 6.45) is -2.89. The van der Waals surface area contributed by atoms with Gasteiger partial charge in [-0.1, -0.05) is 23.4 Å². The van der Waals surface area contributed by atoms with Crippen LogP contribution in [0.4, 0.5) is 19.0 Å². The quantitative estimate of drug-likeness (QED) is 0.466. The van der Waals surface area contributed by atoms with Crippen molar-refractivity contribution in [2.45, 2.75) is 24.2 Å². The Morgan fingerprint density at radius 3 is 2.59 bits per heavy atom. The fourth-order valence-corrected chi connectivity index (χ4v) is 4.50. The van der Waals surface area contributed by atoms with E-state index in [2.05, 4.69) is 15.2 Å². The highest BCUT2D eigenvalue weighted by Crippen LogP contribution is 2.38. The normalized spacial score (nSPS) is 14.0. The molecule has 176 valence electrons. The Labute approximate surface area is 191 Å². The predicted molar refractivity (Wildman–Crippen MR) is 115 cm³/mol. The molecular weight excluding hydrogens is 473 g/mol. The summed E-state index contributed by atoms with van der Waals surface area (Å²) in [6.45, 7) is 0.639. The average molecular weight is 490 g/mol. The van der Waals surface area contributed by atoms with Gasteiger partial charge in [-0.15, -0.1) is 0 Å². The molecule has 9 nitrogen and oxygen atoms in total. The fourth-order valence-electron chi connectivity index (χ4n) is 3.94. The lowest BCUT2D eigenvalue weighted by atomic mass is 10.1. The number of halogens is 3. The van der Waals surface area contributed by atoms with Crippen molar-refractivity contribution < 1.29 is 26.1 Å². The second kappa shape index (κ2) is 7.67. The van der Waals surface area contributed by atoms with Gasteiger partial charge in [0.15, 0.2) is 0 Å². The first kappa shape index (κ1) is 22.1. The summed E-state index contributed by atoms with van der Waals surface area (Å²) in [7, 11) is -2.20. The van der Waals surface area contributed by atoms with E-state index in [1.165, 1.54) is 30.5 Å². The Kier molecular flexibility index (Phi) is 4.98. The summed E-state index contributed by atoms with van der Waals surface area (Å²) in [6, 6.07) is 9.54. The maximum Gasteiger partial charge on any atom is 0.416 e. The summed E-state index contributed by atoms with van der Waals surface area (Å²) in [5.41, 5.74) is 1.55. The monoisotopic (exact) mass is 490 g/mol. The summed E-state index contributed by atoms with van der Waals surface area (Å²) in [4.78, 5) is 6.16. The molecule has 4 aromatic rings. The van der Waals surface area contributed by atoms with E-state index in [9.17, 15) is 21.6 Å². The van der Waals surface area contributed by atoms with Crippen molar-refractivity contribution in [2.24, 2.45) is 12.2 Å². The molecule has 2 aromatic heterocycles. The van der Waals surface area contributed by atoms with Crippen molar-refractivity contribution in [1.82, 2.24) is 19.9 Å². The summed E-state index contributed by atoms with van der Waals surface area (Å²) < 4.78 is 69.6. The van der Waals surface area contributed by atoms with E-state index in [-0.39, 0.29) is 23.2 Å². The molecular formula is C21H17F3N6O3S. The van der Waals surface area contributed by atoms with Gasteiger partial charge in [-0.25, -0.2) is 13.6 Å². The molecule has 0 saturated heterocycles. The molecule has 5 rings (SSSR count). The molecule has 1 aliphatic rings. The van der Waals surface area contributed by atoms with Gasteiger partial charge in [-0.2, -0.15) is 23.3 Å². The van der Waals surface area contributed by atoms with Crippen LogP contribution >= 0.6 is 0 Å². The number of hydrogen-bond donors (Lipinski definition) is 1. The lowest BCUT2D eigenvalue weighted by Gasteiger charge is -2.18. The van der Waals surface area contributed by atoms with Crippen molar-refractivity contribution in [2.75, 3.05) is 4.90 Å². The Bertz CT molecular complexity index is 1510. The molecule has 0 atom stereocenters. The van der Waals surface area contributed by atoms with Gasteiger partial charge in [0.05, 0.1) is 16.7 Å². The van der Waals surface area contributed by atoms with Gasteiger partial charge in [0.2, 0.25) is 15.8 Å². The first-order valence-electron chi connectivity index (χ1n) is 9.94. The van der Waals surface area contributed by atoms with E-state index in [0.29, 0.717) is 29.1 Å². The average Bonchev–Trinajstić information content (AvgIpc) is 3.49. The van der Waals surface area contributed by atoms with Gasteiger partial charge in [0.25, 0.3) is 5.89 Å². The maximum atomic E-state index is 13.1. The molecule has 0 bridgehead atoms. The minimum absolute atomic E-state index is 0.0912. The Hall–Kier alpha value is -3.71. The number of nitrogens with two attached hydrogens (primary N) is 1. The third-order valence-electron chi connectivity index (χ3n) is 5.54. The molecule has 2 aromatic carbocycles. The largest absolute Gasteiger partial charge is 0.416 e. The third-order valence-corrected chi connectivity index (χ3v) is 6.45. The van der Waals surface area contributed by atoms with Crippen molar-refractivity contribution >= 4 is 15.8 Å². The van der Waals surface area contributed by atoms with E-state index in [1.54, 1.807) is 17.8 Å². The Morgan fingerprint density at radius 1 is 1.09 bits per heavy atom. The number of sulfonamides is 1. The van der Waals surface area contributed by atoms with Crippen molar-refractivity contribution in [1.29, 1.82) is 0 Å². The van der Waals surface area contributed by atoms with E-state index < -0.39 is 21.8 Å². The molecule has 13 heteroatoms. The van der Waals surface area contributed by atoms with Gasteiger partial charge in [0.1, 0.15) is 11.4 Å². The minimum atomic E-state index is -4.42. The van der Waals surface area contributed by atoms with Crippen molar-refractivity contribution in [3.8, 4) is 22.8 Å². The van der Waals surface area contributed by atoms with E-state index in [1.807, 2.05) is 4.90 Å². The number of primary sulfonamides is 1. The molecule has 0 fully saturated rings. The highest BCUT2D eigenvalue weighted by Gasteiger charge is 2.33.